The molecule has 0 amide bonds. The fourth-order valence-corrected chi connectivity index (χ4v) is 6.22. The molecule has 4 rings (SSSR count). The van der Waals surface area contributed by atoms with Crippen molar-refractivity contribution >= 4 is 27.3 Å². The highest BCUT2D eigenvalue weighted by Gasteiger charge is 2.52. The van der Waals surface area contributed by atoms with Crippen LogP contribution in [0.2, 0.25) is 0 Å². The third kappa shape index (κ3) is 5.29. The molecule has 1 fully saturated rings. The zero-order valence-electron chi connectivity index (χ0n) is 21.8. The molecular weight excluding hydrogens is 456 g/mol. The van der Waals surface area contributed by atoms with Gasteiger partial charge in [0.05, 0.1) is 16.1 Å². The van der Waals surface area contributed by atoms with Crippen molar-refractivity contribution in [2.75, 3.05) is 29.1 Å². The van der Waals surface area contributed by atoms with Crippen LogP contribution in [0.15, 0.2) is 53.4 Å². The highest BCUT2D eigenvalue weighted by Crippen LogP contribution is 2.48. The van der Waals surface area contributed by atoms with Gasteiger partial charge in [0.15, 0.2) is 9.84 Å². The quantitative estimate of drug-likeness (QED) is 0.399. The van der Waals surface area contributed by atoms with E-state index in [9.17, 15) is 8.42 Å². The van der Waals surface area contributed by atoms with Gasteiger partial charge in [-0.1, -0.05) is 63.1 Å². The number of hydrogen-bond donors (Lipinski definition) is 0. The van der Waals surface area contributed by atoms with Crippen molar-refractivity contribution in [1.29, 1.82) is 0 Å². The second-order valence-corrected chi connectivity index (χ2v) is 12.4. The van der Waals surface area contributed by atoms with E-state index in [1.807, 2.05) is 12.1 Å². The van der Waals surface area contributed by atoms with Crippen molar-refractivity contribution in [1.82, 2.24) is 0 Å². The van der Waals surface area contributed by atoms with Crippen molar-refractivity contribution in [3.8, 4) is 0 Å². The average Bonchev–Trinajstić information content (AvgIpc) is 3.31. The van der Waals surface area contributed by atoms with Gasteiger partial charge >= 0.3 is 0 Å². The molecule has 0 saturated carbocycles. The second kappa shape index (κ2) is 10.4. The lowest BCUT2D eigenvalue weighted by Crippen LogP contribution is -2.46. The molecule has 5 nitrogen and oxygen atoms in total. The summed E-state index contributed by atoms with van der Waals surface area (Å²) < 4.78 is 31.4. The molecule has 0 bridgehead atoms. The lowest BCUT2D eigenvalue weighted by molar-refractivity contribution is 0.0652. The van der Waals surface area contributed by atoms with Crippen LogP contribution in [-0.4, -0.2) is 45.6 Å². The first-order valence-corrected chi connectivity index (χ1v) is 14.9. The Hall–Kier alpha value is -2.31. The summed E-state index contributed by atoms with van der Waals surface area (Å²) in [7, 11) is -3.33. The molecule has 2 atom stereocenters. The molecule has 0 aliphatic carbocycles. The summed E-state index contributed by atoms with van der Waals surface area (Å²) in [6.07, 6.45) is 10.8. The number of rotatable bonds is 10. The average molecular weight is 497 g/mol. The minimum absolute atomic E-state index is 0.140. The summed E-state index contributed by atoms with van der Waals surface area (Å²) in [5, 5.41) is 0. The summed E-state index contributed by atoms with van der Waals surface area (Å²) >= 11 is 0. The Morgan fingerprint density at radius 3 is 2.31 bits per heavy atom. The molecule has 1 saturated heterocycles. The van der Waals surface area contributed by atoms with Crippen molar-refractivity contribution < 1.29 is 13.2 Å². The van der Waals surface area contributed by atoms with Gasteiger partial charge in [-0.3, -0.25) is 0 Å². The number of anilines is 2. The van der Waals surface area contributed by atoms with Gasteiger partial charge in [0.2, 0.25) is 0 Å². The van der Waals surface area contributed by atoms with E-state index >= 15 is 0 Å². The van der Waals surface area contributed by atoms with Crippen molar-refractivity contribution in [3.63, 3.8) is 0 Å². The third-order valence-corrected chi connectivity index (χ3v) is 8.44. The normalized spacial score (nSPS) is 20.9. The number of fused-ring (bicyclic) bond motifs is 3. The van der Waals surface area contributed by atoms with E-state index in [1.165, 1.54) is 37.6 Å². The predicted molar refractivity (Wildman–Crippen MR) is 146 cm³/mol. The van der Waals surface area contributed by atoms with Crippen LogP contribution < -0.4 is 9.80 Å². The van der Waals surface area contributed by atoms with Crippen LogP contribution >= 0.6 is 0 Å². The van der Waals surface area contributed by atoms with E-state index < -0.39 is 9.84 Å². The minimum Gasteiger partial charge on any atom is -0.372 e. The van der Waals surface area contributed by atoms with E-state index in [0.29, 0.717) is 11.3 Å². The SMILES string of the molecule is CCCCN(CCCC)c1ccc(C=CC2OC3Cc4cccc(S(C)(=O)=O)c4N3C2(C)C)cc1. The molecule has 2 unspecified atom stereocenters. The first-order valence-electron chi connectivity index (χ1n) is 13.0. The van der Waals surface area contributed by atoms with Gasteiger partial charge in [0, 0.05) is 31.5 Å². The highest BCUT2D eigenvalue weighted by molar-refractivity contribution is 7.90. The third-order valence-electron chi connectivity index (χ3n) is 7.31. The Bertz CT molecular complexity index is 1150. The summed E-state index contributed by atoms with van der Waals surface area (Å²) in [6, 6.07) is 14.3. The van der Waals surface area contributed by atoms with Crippen LogP contribution in [0.5, 0.6) is 0 Å². The molecule has 35 heavy (non-hydrogen) atoms. The Labute approximate surface area is 211 Å². The maximum atomic E-state index is 12.5. The highest BCUT2D eigenvalue weighted by atomic mass is 32.2. The Morgan fingerprint density at radius 2 is 1.71 bits per heavy atom. The molecule has 190 valence electrons. The molecule has 2 heterocycles. The van der Waals surface area contributed by atoms with Crippen molar-refractivity contribution in [3.05, 3.63) is 59.7 Å². The summed E-state index contributed by atoms with van der Waals surface area (Å²) in [4.78, 5) is 5.07. The molecular formula is C29H40N2O3S. The van der Waals surface area contributed by atoms with E-state index in [2.05, 4.69) is 73.9 Å². The van der Waals surface area contributed by atoms with Gasteiger partial charge in [-0.15, -0.1) is 0 Å². The van der Waals surface area contributed by atoms with Crippen LogP contribution in [0.25, 0.3) is 6.08 Å². The molecule has 0 N–H and O–H groups in total. The molecule has 0 aromatic heterocycles. The van der Waals surface area contributed by atoms with Gasteiger partial charge in [0.25, 0.3) is 0 Å². The van der Waals surface area contributed by atoms with Gasteiger partial charge in [-0.2, -0.15) is 0 Å². The molecule has 2 aromatic carbocycles. The van der Waals surface area contributed by atoms with Crippen LogP contribution in [0.3, 0.4) is 0 Å². The molecule has 0 radical (unpaired) electrons. The van der Waals surface area contributed by atoms with Crippen molar-refractivity contribution in [2.45, 2.75) is 82.6 Å². The summed E-state index contributed by atoms with van der Waals surface area (Å²) in [5.41, 5.74) is 3.91. The lowest BCUT2D eigenvalue weighted by Gasteiger charge is -2.35. The van der Waals surface area contributed by atoms with Gasteiger partial charge in [0.1, 0.15) is 12.3 Å². The number of unbranched alkanes of at least 4 members (excludes halogenated alkanes) is 2. The van der Waals surface area contributed by atoms with Gasteiger partial charge < -0.3 is 14.5 Å². The van der Waals surface area contributed by atoms with Crippen molar-refractivity contribution in [2.24, 2.45) is 0 Å². The van der Waals surface area contributed by atoms with E-state index in [-0.39, 0.29) is 17.9 Å². The minimum atomic E-state index is -3.33. The number of ether oxygens (including phenoxy) is 1. The first-order chi connectivity index (χ1) is 16.7. The van der Waals surface area contributed by atoms with Gasteiger partial charge in [-0.05, 0) is 56.0 Å². The maximum absolute atomic E-state index is 12.5. The van der Waals surface area contributed by atoms with Crippen LogP contribution in [-0.2, 0) is 21.0 Å². The summed E-state index contributed by atoms with van der Waals surface area (Å²) in [6.45, 7) is 11.0. The van der Waals surface area contributed by atoms with E-state index in [0.717, 1.165) is 29.9 Å². The lowest BCUT2D eigenvalue weighted by atomic mass is 9.95. The zero-order valence-corrected chi connectivity index (χ0v) is 22.6. The number of benzene rings is 2. The largest absolute Gasteiger partial charge is 0.372 e. The smallest absolute Gasteiger partial charge is 0.177 e. The Morgan fingerprint density at radius 1 is 1.06 bits per heavy atom. The number of para-hydroxylation sites is 1. The van der Waals surface area contributed by atoms with Gasteiger partial charge in [-0.25, -0.2) is 8.42 Å². The number of sulfone groups is 1. The maximum Gasteiger partial charge on any atom is 0.177 e. The molecule has 6 heteroatoms. The molecule has 0 spiro atoms. The van der Waals surface area contributed by atoms with E-state index in [4.69, 9.17) is 4.74 Å². The number of hydrogen-bond acceptors (Lipinski definition) is 5. The second-order valence-electron chi connectivity index (χ2n) is 10.4. The fraction of sp³-hybridized carbons (Fsp3) is 0.517. The number of nitrogens with zero attached hydrogens (tertiary/aromatic N) is 2. The van der Waals surface area contributed by atoms with Crippen LogP contribution in [0.1, 0.15) is 64.5 Å². The standard InChI is InChI=1S/C29H40N2O3S/c1-6-8-19-30(20-9-7-2)24-16-13-22(14-17-24)15-18-26-29(3,4)31-27(34-26)21-23-11-10-12-25(28(23)31)35(5,32)33/h10-18,26-27H,6-9,19-21H2,1-5H3. The Kier molecular flexibility index (Phi) is 7.62. The monoisotopic (exact) mass is 496 g/mol. The summed E-state index contributed by atoms with van der Waals surface area (Å²) in [5.74, 6) is 0. The predicted octanol–water partition coefficient (Wildman–Crippen LogP) is 6.08. The zero-order chi connectivity index (χ0) is 25.2. The van der Waals surface area contributed by atoms with E-state index in [1.54, 1.807) is 6.07 Å². The van der Waals surface area contributed by atoms with Crippen LogP contribution in [0.4, 0.5) is 11.4 Å². The first kappa shape index (κ1) is 25.8. The van der Waals surface area contributed by atoms with Crippen LogP contribution in [0, 0.1) is 0 Å². The Balaban J connectivity index is 1.52. The topological polar surface area (TPSA) is 49.9 Å². The fourth-order valence-electron chi connectivity index (χ4n) is 5.31. The molecule has 2 aliphatic heterocycles. The molecule has 2 aliphatic rings. The molecule has 2 aromatic rings.